The van der Waals surface area contributed by atoms with Gasteiger partial charge in [0.15, 0.2) is 0 Å². The van der Waals surface area contributed by atoms with E-state index in [2.05, 4.69) is 10.6 Å². The summed E-state index contributed by atoms with van der Waals surface area (Å²) in [5, 5.41) is 15.1. The molecule has 2 atom stereocenters. The number of methoxy groups -OCH3 is 1. The number of carbonyl (C=O) groups is 1. The van der Waals surface area contributed by atoms with Gasteiger partial charge >= 0.3 is 0 Å². The van der Waals surface area contributed by atoms with Crippen molar-refractivity contribution in [1.82, 2.24) is 10.6 Å². The molecule has 1 fully saturated rings. The Morgan fingerprint density at radius 1 is 1.43 bits per heavy atom. The minimum absolute atomic E-state index is 0. The zero-order chi connectivity index (χ0) is 14.7. The first-order valence-corrected chi connectivity index (χ1v) is 6.25. The van der Waals surface area contributed by atoms with Crippen molar-refractivity contribution < 1.29 is 23.4 Å². The van der Waals surface area contributed by atoms with Crippen LogP contribution in [0.3, 0.4) is 0 Å². The molecular formula is C13H17ClF2N2O3. The molecule has 118 valence electrons. The van der Waals surface area contributed by atoms with Crippen LogP contribution < -0.4 is 15.4 Å². The van der Waals surface area contributed by atoms with Gasteiger partial charge in [0.25, 0.3) is 5.91 Å². The Morgan fingerprint density at radius 3 is 2.57 bits per heavy atom. The highest BCUT2D eigenvalue weighted by atomic mass is 35.5. The summed E-state index contributed by atoms with van der Waals surface area (Å²) in [6, 6.07) is 1.36. The standard InChI is InChI=1S/C13H16F2N2O3.ClH/c1-20-7-4-8(14)12(9(15)5-7)13(19)17-10-2-3-16-6-11(10)18;/h4-5,10-11,16,18H,2-3,6H2,1H3,(H,17,19);1H/t10-,11-;/m1./s1. The van der Waals surface area contributed by atoms with E-state index in [0.717, 1.165) is 12.1 Å². The highest BCUT2D eigenvalue weighted by Gasteiger charge is 2.27. The number of carbonyl (C=O) groups excluding carboxylic acids is 1. The van der Waals surface area contributed by atoms with Crippen LogP contribution >= 0.6 is 12.4 Å². The van der Waals surface area contributed by atoms with Crippen LogP contribution in [-0.2, 0) is 0 Å². The molecule has 0 bridgehead atoms. The largest absolute Gasteiger partial charge is 0.497 e. The Morgan fingerprint density at radius 2 is 2.05 bits per heavy atom. The fourth-order valence-corrected chi connectivity index (χ4v) is 2.14. The Bertz CT molecular complexity index is 493. The predicted molar refractivity (Wildman–Crippen MR) is 74.9 cm³/mol. The first-order chi connectivity index (χ1) is 9.52. The second-order valence-corrected chi connectivity index (χ2v) is 4.61. The number of amides is 1. The smallest absolute Gasteiger partial charge is 0.257 e. The van der Waals surface area contributed by atoms with Gasteiger partial charge in [-0.05, 0) is 13.0 Å². The van der Waals surface area contributed by atoms with E-state index in [-0.39, 0.29) is 18.2 Å². The number of β-amino-alcohol motifs (C(OH)–C–C–N with tert-alkyl or cyclic N) is 1. The maximum atomic E-state index is 13.7. The Kier molecular flexibility index (Phi) is 6.32. The molecule has 0 unspecified atom stereocenters. The van der Waals surface area contributed by atoms with E-state index in [9.17, 15) is 18.7 Å². The van der Waals surface area contributed by atoms with E-state index < -0.39 is 35.3 Å². The molecule has 1 aliphatic rings. The van der Waals surface area contributed by atoms with Gasteiger partial charge in [0, 0.05) is 18.7 Å². The van der Waals surface area contributed by atoms with Crippen molar-refractivity contribution >= 4 is 18.3 Å². The normalized spacial score (nSPS) is 21.3. The lowest BCUT2D eigenvalue weighted by Crippen LogP contribution is -2.52. The van der Waals surface area contributed by atoms with Gasteiger partial charge in [-0.2, -0.15) is 0 Å². The minimum atomic E-state index is -0.997. The van der Waals surface area contributed by atoms with Gasteiger partial charge in [0.1, 0.15) is 22.9 Å². The minimum Gasteiger partial charge on any atom is -0.497 e. The molecular weight excluding hydrogens is 306 g/mol. The summed E-state index contributed by atoms with van der Waals surface area (Å²) in [5.74, 6) is -2.88. The summed E-state index contributed by atoms with van der Waals surface area (Å²) in [4.78, 5) is 11.9. The van der Waals surface area contributed by atoms with Gasteiger partial charge < -0.3 is 20.5 Å². The molecule has 0 aromatic heterocycles. The number of hydrogen-bond donors (Lipinski definition) is 3. The molecule has 0 spiro atoms. The van der Waals surface area contributed by atoms with E-state index in [1.165, 1.54) is 7.11 Å². The molecule has 8 heteroatoms. The predicted octanol–water partition coefficient (Wildman–Crippen LogP) is 0.848. The maximum Gasteiger partial charge on any atom is 0.257 e. The summed E-state index contributed by atoms with van der Waals surface area (Å²) in [6.45, 7) is 0.952. The molecule has 2 rings (SSSR count). The number of nitrogens with one attached hydrogen (secondary N) is 2. The van der Waals surface area contributed by atoms with Crippen LogP contribution in [0.2, 0.25) is 0 Å². The van der Waals surface area contributed by atoms with Gasteiger partial charge in [-0.25, -0.2) is 8.78 Å². The Labute approximate surface area is 127 Å². The second kappa shape index (κ2) is 7.53. The number of halogens is 3. The third-order valence-electron chi connectivity index (χ3n) is 3.24. The highest BCUT2D eigenvalue weighted by Crippen LogP contribution is 2.20. The first-order valence-electron chi connectivity index (χ1n) is 6.25. The van der Waals surface area contributed by atoms with Gasteiger partial charge in [-0.3, -0.25) is 4.79 Å². The van der Waals surface area contributed by atoms with E-state index in [4.69, 9.17) is 4.74 Å². The van der Waals surface area contributed by atoms with Crippen molar-refractivity contribution in [2.45, 2.75) is 18.6 Å². The van der Waals surface area contributed by atoms with Crippen molar-refractivity contribution in [2.24, 2.45) is 0 Å². The molecule has 0 radical (unpaired) electrons. The summed E-state index contributed by atoms with van der Waals surface area (Å²) in [5.41, 5.74) is -0.670. The van der Waals surface area contributed by atoms with E-state index in [1.54, 1.807) is 0 Å². The van der Waals surface area contributed by atoms with Crippen LogP contribution in [0.25, 0.3) is 0 Å². The van der Waals surface area contributed by atoms with Crippen LogP contribution in [0, 0.1) is 11.6 Å². The molecule has 0 saturated carbocycles. The number of piperidine rings is 1. The lowest BCUT2D eigenvalue weighted by molar-refractivity contribution is 0.0758. The molecule has 1 aromatic rings. The molecule has 1 aromatic carbocycles. The number of benzene rings is 1. The monoisotopic (exact) mass is 322 g/mol. The molecule has 3 N–H and O–H groups in total. The van der Waals surface area contributed by atoms with Crippen molar-refractivity contribution in [2.75, 3.05) is 20.2 Å². The van der Waals surface area contributed by atoms with Crippen LogP contribution in [0.4, 0.5) is 8.78 Å². The van der Waals surface area contributed by atoms with Gasteiger partial charge in [0.05, 0.1) is 19.3 Å². The van der Waals surface area contributed by atoms with Crippen molar-refractivity contribution in [3.63, 3.8) is 0 Å². The van der Waals surface area contributed by atoms with Crippen LogP contribution in [-0.4, -0.2) is 43.4 Å². The fraction of sp³-hybridized carbons (Fsp3) is 0.462. The fourth-order valence-electron chi connectivity index (χ4n) is 2.14. The molecule has 1 saturated heterocycles. The summed E-state index contributed by atoms with van der Waals surface area (Å²) in [6.07, 6.45) is -0.288. The number of ether oxygens (including phenoxy) is 1. The van der Waals surface area contributed by atoms with E-state index in [1.807, 2.05) is 0 Å². The SMILES string of the molecule is COc1cc(F)c(C(=O)N[C@@H]2CCNC[C@H]2O)c(F)c1.Cl. The molecule has 5 nitrogen and oxygen atoms in total. The molecule has 1 heterocycles. The lowest BCUT2D eigenvalue weighted by atomic mass is 10.0. The third-order valence-corrected chi connectivity index (χ3v) is 3.24. The average molecular weight is 323 g/mol. The maximum absolute atomic E-state index is 13.7. The lowest BCUT2D eigenvalue weighted by Gasteiger charge is -2.29. The molecule has 1 aliphatic heterocycles. The number of aliphatic hydroxyl groups is 1. The summed E-state index contributed by atoms with van der Waals surface area (Å²) in [7, 11) is 1.28. The van der Waals surface area contributed by atoms with Crippen LogP contribution in [0.15, 0.2) is 12.1 Å². The van der Waals surface area contributed by atoms with Gasteiger partial charge in [-0.15, -0.1) is 12.4 Å². The molecule has 21 heavy (non-hydrogen) atoms. The zero-order valence-electron chi connectivity index (χ0n) is 11.4. The van der Waals surface area contributed by atoms with Crippen molar-refractivity contribution in [3.05, 3.63) is 29.3 Å². The first kappa shape index (κ1) is 17.6. The second-order valence-electron chi connectivity index (χ2n) is 4.61. The van der Waals surface area contributed by atoms with Crippen LogP contribution in [0.1, 0.15) is 16.8 Å². The summed E-state index contributed by atoms with van der Waals surface area (Å²) < 4.78 is 32.2. The third kappa shape index (κ3) is 4.03. The van der Waals surface area contributed by atoms with Crippen molar-refractivity contribution in [1.29, 1.82) is 0 Å². The molecule has 1 amide bonds. The highest BCUT2D eigenvalue weighted by molar-refractivity contribution is 5.95. The number of hydrogen-bond acceptors (Lipinski definition) is 4. The number of aliphatic hydroxyl groups excluding tert-OH is 1. The summed E-state index contributed by atoms with van der Waals surface area (Å²) >= 11 is 0. The number of rotatable bonds is 3. The van der Waals surface area contributed by atoms with Crippen molar-refractivity contribution in [3.8, 4) is 5.75 Å². The Balaban J connectivity index is 0.00000220. The van der Waals surface area contributed by atoms with Crippen LogP contribution in [0.5, 0.6) is 5.75 Å². The van der Waals surface area contributed by atoms with E-state index in [0.29, 0.717) is 19.5 Å². The van der Waals surface area contributed by atoms with Gasteiger partial charge in [-0.1, -0.05) is 0 Å². The molecule has 0 aliphatic carbocycles. The van der Waals surface area contributed by atoms with E-state index >= 15 is 0 Å². The zero-order valence-corrected chi connectivity index (χ0v) is 12.2. The Hall–Kier alpha value is -1.44. The quantitative estimate of drug-likeness (QED) is 0.771. The van der Waals surface area contributed by atoms with Gasteiger partial charge in [0.2, 0.25) is 0 Å². The average Bonchev–Trinajstić information content (AvgIpc) is 2.40. The topological polar surface area (TPSA) is 70.6 Å².